The van der Waals surface area contributed by atoms with Crippen molar-refractivity contribution < 1.29 is 9.47 Å². The number of rotatable bonds is 2. The average molecular weight is 231 g/mol. The molecule has 5 nitrogen and oxygen atoms in total. The fourth-order valence-electron chi connectivity index (χ4n) is 1.89. The molecule has 5 heteroatoms. The summed E-state index contributed by atoms with van der Waals surface area (Å²) in [5, 5.41) is 0. The Kier molecular flexibility index (Phi) is 2.26. The summed E-state index contributed by atoms with van der Waals surface area (Å²) < 4.78 is 12.6. The molecular formula is C12H13N3O2. The largest absolute Gasteiger partial charge is 0.454 e. The highest BCUT2D eigenvalue weighted by molar-refractivity contribution is 5.50. The molecule has 0 amide bonds. The second-order valence-corrected chi connectivity index (χ2v) is 4.01. The Morgan fingerprint density at radius 1 is 1.35 bits per heavy atom. The Morgan fingerprint density at radius 3 is 3.00 bits per heavy atom. The minimum absolute atomic E-state index is 0.0667. The minimum Gasteiger partial charge on any atom is -0.454 e. The van der Waals surface area contributed by atoms with Gasteiger partial charge in [0.05, 0.1) is 23.9 Å². The number of benzene rings is 1. The van der Waals surface area contributed by atoms with Gasteiger partial charge in [-0.1, -0.05) is 0 Å². The van der Waals surface area contributed by atoms with Gasteiger partial charge in [0.2, 0.25) is 6.79 Å². The smallest absolute Gasteiger partial charge is 0.231 e. The molecule has 0 aliphatic carbocycles. The average Bonchev–Trinajstić information content (AvgIpc) is 2.96. The van der Waals surface area contributed by atoms with E-state index in [-0.39, 0.29) is 12.8 Å². The Labute approximate surface area is 98.8 Å². The summed E-state index contributed by atoms with van der Waals surface area (Å²) in [6.07, 6.45) is 3.52. The number of fused-ring (bicyclic) bond motifs is 1. The van der Waals surface area contributed by atoms with Gasteiger partial charge in [-0.05, 0) is 19.1 Å². The highest BCUT2D eigenvalue weighted by Crippen LogP contribution is 2.34. The van der Waals surface area contributed by atoms with Crippen LogP contribution in [0.25, 0.3) is 5.69 Å². The SMILES string of the molecule is C[C@@H](N)c1cncn1-c1ccc2c(c1)OCO2. The molecule has 0 saturated carbocycles. The van der Waals surface area contributed by atoms with Crippen LogP contribution < -0.4 is 15.2 Å². The third-order valence-electron chi connectivity index (χ3n) is 2.77. The lowest BCUT2D eigenvalue weighted by molar-refractivity contribution is 0.174. The van der Waals surface area contributed by atoms with E-state index < -0.39 is 0 Å². The molecule has 0 bridgehead atoms. The van der Waals surface area contributed by atoms with Crippen LogP contribution in [0.2, 0.25) is 0 Å². The van der Waals surface area contributed by atoms with E-state index >= 15 is 0 Å². The van der Waals surface area contributed by atoms with Crippen LogP contribution in [-0.2, 0) is 0 Å². The molecule has 1 aromatic carbocycles. The first kappa shape index (κ1) is 10.2. The van der Waals surface area contributed by atoms with Crippen molar-refractivity contribution in [3.8, 4) is 17.2 Å². The molecule has 0 saturated heterocycles. The zero-order valence-electron chi connectivity index (χ0n) is 9.46. The van der Waals surface area contributed by atoms with E-state index in [0.717, 1.165) is 22.9 Å². The van der Waals surface area contributed by atoms with Crippen LogP contribution in [0.3, 0.4) is 0 Å². The summed E-state index contributed by atoms with van der Waals surface area (Å²) in [5.74, 6) is 1.53. The van der Waals surface area contributed by atoms with Gasteiger partial charge in [0, 0.05) is 12.1 Å². The third kappa shape index (κ3) is 1.64. The van der Waals surface area contributed by atoms with Crippen LogP contribution in [0.4, 0.5) is 0 Å². The highest BCUT2D eigenvalue weighted by Gasteiger charge is 2.15. The maximum absolute atomic E-state index is 5.89. The number of ether oxygens (including phenoxy) is 2. The molecule has 0 spiro atoms. The lowest BCUT2D eigenvalue weighted by Crippen LogP contribution is -2.10. The van der Waals surface area contributed by atoms with E-state index in [1.165, 1.54) is 0 Å². The van der Waals surface area contributed by atoms with Gasteiger partial charge in [0.15, 0.2) is 11.5 Å². The maximum atomic E-state index is 5.89. The predicted molar refractivity (Wildman–Crippen MR) is 62.3 cm³/mol. The quantitative estimate of drug-likeness (QED) is 0.853. The van der Waals surface area contributed by atoms with Crippen LogP contribution in [0, 0.1) is 0 Å². The van der Waals surface area contributed by atoms with Gasteiger partial charge in [0.25, 0.3) is 0 Å². The van der Waals surface area contributed by atoms with Gasteiger partial charge in [0.1, 0.15) is 0 Å². The Hall–Kier alpha value is -2.01. The van der Waals surface area contributed by atoms with Crippen molar-refractivity contribution >= 4 is 0 Å². The van der Waals surface area contributed by atoms with Gasteiger partial charge in [-0.25, -0.2) is 4.98 Å². The van der Waals surface area contributed by atoms with Crippen molar-refractivity contribution in [1.82, 2.24) is 9.55 Å². The van der Waals surface area contributed by atoms with Crippen molar-refractivity contribution in [2.45, 2.75) is 13.0 Å². The number of nitrogens with zero attached hydrogens (tertiary/aromatic N) is 2. The van der Waals surface area contributed by atoms with E-state index in [2.05, 4.69) is 4.98 Å². The molecule has 2 N–H and O–H groups in total. The minimum atomic E-state index is -0.0667. The molecule has 2 aromatic rings. The van der Waals surface area contributed by atoms with Crippen molar-refractivity contribution in [2.75, 3.05) is 6.79 Å². The number of hydrogen-bond acceptors (Lipinski definition) is 4. The molecule has 1 aromatic heterocycles. The molecular weight excluding hydrogens is 218 g/mol. The molecule has 1 aliphatic heterocycles. The number of nitrogens with two attached hydrogens (primary N) is 1. The van der Waals surface area contributed by atoms with Crippen molar-refractivity contribution in [1.29, 1.82) is 0 Å². The topological polar surface area (TPSA) is 62.3 Å². The predicted octanol–water partition coefficient (Wildman–Crippen LogP) is 1.62. The second kappa shape index (κ2) is 3.78. The van der Waals surface area contributed by atoms with Gasteiger partial charge in [-0.15, -0.1) is 0 Å². The summed E-state index contributed by atoms with van der Waals surface area (Å²) in [6, 6.07) is 5.71. The van der Waals surface area contributed by atoms with E-state index in [1.54, 1.807) is 12.5 Å². The van der Waals surface area contributed by atoms with Gasteiger partial charge < -0.3 is 19.8 Å². The molecule has 17 heavy (non-hydrogen) atoms. The van der Waals surface area contributed by atoms with Crippen LogP contribution >= 0.6 is 0 Å². The second-order valence-electron chi connectivity index (χ2n) is 4.01. The first-order valence-electron chi connectivity index (χ1n) is 5.43. The van der Waals surface area contributed by atoms with E-state index in [4.69, 9.17) is 15.2 Å². The molecule has 0 radical (unpaired) electrons. The first-order chi connectivity index (χ1) is 8.25. The standard InChI is InChI=1S/C12H13N3O2/c1-8(13)10-5-14-6-15(10)9-2-3-11-12(4-9)17-7-16-11/h2-6,8H,7,13H2,1H3/t8-/m1/s1. The van der Waals surface area contributed by atoms with Crippen molar-refractivity contribution in [2.24, 2.45) is 5.73 Å². The van der Waals surface area contributed by atoms with E-state index in [0.29, 0.717) is 0 Å². The zero-order valence-corrected chi connectivity index (χ0v) is 9.46. The van der Waals surface area contributed by atoms with Crippen LogP contribution in [0.5, 0.6) is 11.5 Å². The molecule has 0 fully saturated rings. The Morgan fingerprint density at radius 2 is 2.18 bits per heavy atom. The zero-order chi connectivity index (χ0) is 11.8. The van der Waals surface area contributed by atoms with E-state index in [1.807, 2.05) is 29.7 Å². The van der Waals surface area contributed by atoms with Crippen LogP contribution in [0.15, 0.2) is 30.7 Å². The maximum Gasteiger partial charge on any atom is 0.231 e. The first-order valence-corrected chi connectivity index (χ1v) is 5.43. The third-order valence-corrected chi connectivity index (χ3v) is 2.77. The molecule has 1 atom stereocenters. The highest BCUT2D eigenvalue weighted by atomic mass is 16.7. The summed E-state index contributed by atoms with van der Waals surface area (Å²) in [5.41, 5.74) is 7.83. The molecule has 88 valence electrons. The summed E-state index contributed by atoms with van der Waals surface area (Å²) in [7, 11) is 0. The molecule has 2 heterocycles. The number of hydrogen-bond donors (Lipinski definition) is 1. The number of aromatic nitrogens is 2. The monoisotopic (exact) mass is 231 g/mol. The summed E-state index contributed by atoms with van der Waals surface area (Å²) in [4.78, 5) is 4.12. The molecule has 0 unspecified atom stereocenters. The van der Waals surface area contributed by atoms with E-state index in [9.17, 15) is 0 Å². The Balaban J connectivity index is 2.06. The van der Waals surface area contributed by atoms with Gasteiger partial charge in [-0.3, -0.25) is 0 Å². The van der Waals surface area contributed by atoms with Crippen molar-refractivity contribution in [3.63, 3.8) is 0 Å². The fraction of sp³-hybridized carbons (Fsp3) is 0.250. The fourth-order valence-corrected chi connectivity index (χ4v) is 1.89. The Bertz CT molecular complexity index is 548. The number of imidazole rings is 1. The lowest BCUT2D eigenvalue weighted by Gasteiger charge is -2.11. The lowest BCUT2D eigenvalue weighted by atomic mass is 10.2. The molecule has 1 aliphatic rings. The van der Waals surface area contributed by atoms with Crippen LogP contribution in [-0.4, -0.2) is 16.3 Å². The van der Waals surface area contributed by atoms with Gasteiger partial charge >= 0.3 is 0 Å². The molecule has 3 rings (SSSR count). The van der Waals surface area contributed by atoms with Gasteiger partial charge in [-0.2, -0.15) is 0 Å². The van der Waals surface area contributed by atoms with Crippen LogP contribution in [0.1, 0.15) is 18.7 Å². The normalized spacial score (nSPS) is 14.9. The summed E-state index contributed by atoms with van der Waals surface area (Å²) >= 11 is 0. The summed E-state index contributed by atoms with van der Waals surface area (Å²) in [6.45, 7) is 2.21. The van der Waals surface area contributed by atoms with Crippen molar-refractivity contribution in [3.05, 3.63) is 36.4 Å².